The smallest absolute Gasteiger partial charge is 0.293 e. The van der Waals surface area contributed by atoms with Crippen molar-refractivity contribution in [3.05, 3.63) is 64.9 Å². The number of rotatable bonds is 7. The lowest BCUT2D eigenvalue weighted by atomic mass is 9.84. The van der Waals surface area contributed by atoms with E-state index in [9.17, 15) is 4.79 Å². The number of unbranched alkanes of at least 4 members (excludes halogenated alkanes) is 1. The van der Waals surface area contributed by atoms with Crippen molar-refractivity contribution in [1.29, 1.82) is 0 Å². The molecule has 1 aliphatic carbocycles. The molecule has 0 spiro atoms. The van der Waals surface area contributed by atoms with Crippen molar-refractivity contribution in [2.24, 2.45) is 0 Å². The minimum absolute atomic E-state index is 0.482. The van der Waals surface area contributed by atoms with E-state index in [-0.39, 0.29) is 0 Å². The van der Waals surface area contributed by atoms with Gasteiger partial charge in [0, 0.05) is 0 Å². The van der Waals surface area contributed by atoms with Gasteiger partial charge in [0.05, 0.1) is 24.2 Å². The van der Waals surface area contributed by atoms with Crippen molar-refractivity contribution in [2.45, 2.75) is 64.3 Å². The third-order valence-electron chi connectivity index (χ3n) is 5.69. The maximum atomic E-state index is 9.46. The monoisotopic (exact) mass is 426 g/mol. The summed E-state index contributed by atoms with van der Waals surface area (Å²) in [6.07, 6.45) is 8.90. The van der Waals surface area contributed by atoms with Crippen molar-refractivity contribution in [1.82, 2.24) is 9.55 Å². The van der Waals surface area contributed by atoms with Crippen LogP contribution in [0, 0.1) is 0 Å². The number of fused-ring (bicyclic) bond motifs is 1. The third-order valence-corrected chi connectivity index (χ3v) is 5.98. The average Bonchev–Trinajstić information content (AvgIpc) is 3.11. The van der Waals surface area contributed by atoms with Gasteiger partial charge >= 0.3 is 0 Å². The lowest BCUT2D eigenvalue weighted by Gasteiger charge is -2.22. The average molecular weight is 427 g/mol. The zero-order chi connectivity index (χ0) is 21.2. The number of halogens is 1. The lowest BCUT2D eigenvalue weighted by Crippen LogP contribution is -2.05. The molecule has 0 radical (unpaired) electrons. The number of imidazole rings is 1. The highest BCUT2D eigenvalue weighted by Crippen LogP contribution is 2.32. The first-order chi connectivity index (χ1) is 14.7. The molecule has 1 saturated carbocycles. The zero-order valence-electron chi connectivity index (χ0n) is 17.7. The van der Waals surface area contributed by atoms with Crippen LogP contribution in [0.1, 0.15) is 68.9 Å². The quantitative estimate of drug-likeness (QED) is 0.310. The summed E-state index contributed by atoms with van der Waals surface area (Å²) in [5, 5.41) is 0.558. The lowest BCUT2D eigenvalue weighted by molar-refractivity contribution is -0.128. The molecule has 4 rings (SSSR count). The molecule has 1 aliphatic rings. The summed E-state index contributed by atoms with van der Waals surface area (Å²) in [6, 6.07) is 17.2. The van der Waals surface area contributed by atoms with Crippen LogP contribution in [0.4, 0.5) is 0 Å². The second-order valence-corrected chi connectivity index (χ2v) is 8.19. The van der Waals surface area contributed by atoms with E-state index in [4.69, 9.17) is 11.6 Å². The van der Waals surface area contributed by atoms with Gasteiger partial charge in [-0.1, -0.05) is 69.0 Å². The van der Waals surface area contributed by atoms with Crippen LogP contribution in [-0.2, 0) is 16.1 Å². The van der Waals surface area contributed by atoms with Gasteiger partial charge in [0.2, 0.25) is 5.28 Å². The molecule has 0 aliphatic heterocycles. The SMILES string of the molecule is CCCCOC=O.Clc1nc2ccccc2n1Cc1ccc(C2CCCCC2)cc1. The van der Waals surface area contributed by atoms with Gasteiger partial charge in [0.1, 0.15) is 0 Å². The number of hydrogen-bond acceptors (Lipinski definition) is 3. The van der Waals surface area contributed by atoms with Gasteiger partial charge in [-0.2, -0.15) is 0 Å². The predicted molar refractivity (Wildman–Crippen MR) is 123 cm³/mol. The van der Waals surface area contributed by atoms with Crippen LogP contribution in [0.15, 0.2) is 48.5 Å². The summed E-state index contributed by atoms with van der Waals surface area (Å²) < 4.78 is 6.47. The van der Waals surface area contributed by atoms with Gasteiger partial charge in [-0.3, -0.25) is 4.79 Å². The van der Waals surface area contributed by atoms with Crippen LogP contribution in [0.5, 0.6) is 0 Å². The molecule has 5 heteroatoms. The van der Waals surface area contributed by atoms with Crippen molar-refractivity contribution < 1.29 is 9.53 Å². The number of carbonyl (C=O) groups excluding carboxylic acids is 1. The molecule has 4 nitrogen and oxygen atoms in total. The Kier molecular flexibility index (Phi) is 8.76. The molecule has 30 heavy (non-hydrogen) atoms. The number of nitrogens with zero attached hydrogens (tertiary/aromatic N) is 2. The van der Waals surface area contributed by atoms with Crippen molar-refractivity contribution in [3.8, 4) is 0 Å². The van der Waals surface area contributed by atoms with Gasteiger partial charge in [-0.15, -0.1) is 0 Å². The maximum absolute atomic E-state index is 9.46. The Bertz CT molecular complexity index is 915. The summed E-state index contributed by atoms with van der Waals surface area (Å²) >= 11 is 6.32. The van der Waals surface area contributed by atoms with E-state index in [0.717, 1.165) is 36.3 Å². The summed E-state index contributed by atoms with van der Waals surface area (Å²) in [5.74, 6) is 0.760. The Morgan fingerprint density at radius 3 is 2.53 bits per heavy atom. The van der Waals surface area contributed by atoms with Crippen LogP contribution in [-0.4, -0.2) is 22.6 Å². The van der Waals surface area contributed by atoms with E-state index in [1.165, 1.54) is 43.2 Å². The molecule has 2 aromatic carbocycles. The van der Waals surface area contributed by atoms with E-state index >= 15 is 0 Å². The Labute approximate surface area is 184 Å². The minimum atomic E-state index is 0.482. The largest absolute Gasteiger partial charge is 0.468 e. The standard InChI is InChI=1S/C20H21ClN2.C5H10O2/c21-20-22-18-8-4-5-9-19(18)23(20)14-15-10-12-17(13-11-15)16-6-2-1-3-7-16;1-2-3-4-7-5-6/h4-5,8-13,16H,1-3,6-7,14H2;5H,2-4H2,1H3. The molecule has 0 unspecified atom stereocenters. The van der Waals surface area contributed by atoms with Crippen LogP contribution in [0.3, 0.4) is 0 Å². The number of hydrogen-bond donors (Lipinski definition) is 0. The van der Waals surface area contributed by atoms with Gasteiger partial charge < -0.3 is 9.30 Å². The van der Waals surface area contributed by atoms with Crippen LogP contribution in [0.2, 0.25) is 5.28 Å². The molecule has 0 N–H and O–H groups in total. The molecule has 160 valence electrons. The van der Waals surface area contributed by atoms with E-state index in [1.54, 1.807) is 0 Å². The predicted octanol–water partition coefficient (Wildman–Crippen LogP) is 6.75. The molecule has 0 amide bonds. The Balaban J connectivity index is 0.000000318. The highest BCUT2D eigenvalue weighted by atomic mass is 35.5. The number of aromatic nitrogens is 2. The first-order valence-corrected chi connectivity index (χ1v) is 11.4. The van der Waals surface area contributed by atoms with Crippen molar-refractivity contribution in [3.63, 3.8) is 0 Å². The fourth-order valence-corrected chi connectivity index (χ4v) is 4.23. The molecule has 1 fully saturated rings. The molecular formula is C25H31ClN2O2. The van der Waals surface area contributed by atoms with Crippen LogP contribution < -0.4 is 0 Å². The Hall–Kier alpha value is -2.33. The molecule has 0 atom stereocenters. The topological polar surface area (TPSA) is 44.1 Å². The van der Waals surface area contributed by atoms with E-state index < -0.39 is 0 Å². The summed E-state index contributed by atoms with van der Waals surface area (Å²) in [5.41, 5.74) is 4.81. The normalized spacial score (nSPS) is 14.2. The van der Waals surface area contributed by atoms with E-state index in [2.05, 4.69) is 44.6 Å². The summed E-state index contributed by atoms with van der Waals surface area (Å²) in [7, 11) is 0. The second-order valence-electron chi connectivity index (χ2n) is 7.85. The van der Waals surface area contributed by atoms with Gasteiger partial charge in [0.25, 0.3) is 6.47 Å². The highest BCUT2D eigenvalue weighted by molar-refractivity contribution is 6.29. The van der Waals surface area contributed by atoms with Crippen molar-refractivity contribution in [2.75, 3.05) is 6.61 Å². The molecule has 0 bridgehead atoms. The molecular weight excluding hydrogens is 396 g/mol. The highest BCUT2D eigenvalue weighted by Gasteiger charge is 2.15. The Morgan fingerprint density at radius 2 is 1.83 bits per heavy atom. The number of carbonyl (C=O) groups is 1. The summed E-state index contributed by atoms with van der Waals surface area (Å²) in [4.78, 5) is 13.9. The molecule has 1 heterocycles. The third kappa shape index (κ3) is 6.09. The van der Waals surface area contributed by atoms with E-state index in [1.807, 2.05) is 25.1 Å². The molecule has 3 aromatic rings. The number of para-hydroxylation sites is 2. The van der Waals surface area contributed by atoms with Crippen molar-refractivity contribution >= 4 is 29.1 Å². The maximum Gasteiger partial charge on any atom is 0.293 e. The van der Waals surface area contributed by atoms with Crippen LogP contribution in [0.25, 0.3) is 11.0 Å². The van der Waals surface area contributed by atoms with Gasteiger partial charge in [0.15, 0.2) is 0 Å². The fraction of sp³-hybridized carbons (Fsp3) is 0.440. The first kappa shape index (κ1) is 22.4. The van der Waals surface area contributed by atoms with E-state index in [0.29, 0.717) is 18.4 Å². The zero-order valence-corrected chi connectivity index (χ0v) is 18.5. The fourth-order valence-electron chi connectivity index (χ4n) is 3.99. The van der Waals surface area contributed by atoms with Crippen LogP contribution >= 0.6 is 11.6 Å². The van der Waals surface area contributed by atoms with Gasteiger partial charge in [-0.25, -0.2) is 4.98 Å². The second kappa shape index (κ2) is 11.8. The number of ether oxygens (including phenoxy) is 1. The number of benzene rings is 2. The van der Waals surface area contributed by atoms with Gasteiger partial charge in [-0.05, 0) is 60.0 Å². The Morgan fingerprint density at radius 1 is 1.10 bits per heavy atom. The summed E-state index contributed by atoms with van der Waals surface area (Å²) in [6.45, 7) is 3.87. The minimum Gasteiger partial charge on any atom is -0.468 e. The molecule has 0 saturated heterocycles. The first-order valence-electron chi connectivity index (χ1n) is 11.0. The molecule has 1 aromatic heterocycles.